The van der Waals surface area contributed by atoms with Gasteiger partial charge in [0.2, 0.25) is 0 Å². The van der Waals surface area contributed by atoms with Gasteiger partial charge in [0.25, 0.3) is 0 Å². The van der Waals surface area contributed by atoms with Crippen LogP contribution in [-0.2, 0) is 6.42 Å². The third kappa shape index (κ3) is 3.15. The van der Waals surface area contributed by atoms with Gasteiger partial charge in [0.15, 0.2) is 0 Å². The fourth-order valence-electron chi connectivity index (χ4n) is 5.54. The predicted molar refractivity (Wildman–Crippen MR) is 136 cm³/mol. The van der Waals surface area contributed by atoms with E-state index in [0.717, 1.165) is 6.42 Å². The summed E-state index contributed by atoms with van der Waals surface area (Å²) < 4.78 is 0. The van der Waals surface area contributed by atoms with Crippen molar-refractivity contribution in [1.82, 2.24) is 0 Å². The lowest BCUT2D eigenvalue weighted by molar-refractivity contribution is -0.00000582. The minimum absolute atomic E-state index is 0. The molecule has 0 saturated carbocycles. The summed E-state index contributed by atoms with van der Waals surface area (Å²) >= 11 is 0. The van der Waals surface area contributed by atoms with E-state index in [1.54, 1.807) is 0 Å². The molecule has 0 fully saturated rings. The second kappa shape index (κ2) is 8.66. The summed E-state index contributed by atoms with van der Waals surface area (Å²) in [5.41, 5.74) is 3.43. The Bertz CT molecular complexity index is 1250. The smallest absolute Gasteiger partial charge is 0.119 e. The molecule has 0 heterocycles. The monoisotopic (exact) mass is 494 g/mol. The first-order valence-electron chi connectivity index (χ1n) is 10.9. The van der Waals surface area contributed by atoms with E-state index in [2.05, 4.69) is 127 Å². The predicted octanol–water partition coefficient (Wildman–Crippen LogP) is 3.44. The molecule has 0 amide bonds. The average Bonchev–Trinajstić information content (AvgIpc) is 3.23. The van der Waals surface area contributed by atoms with Gasteiger partial charge in [0.05, 0.1) is 0 Å². The molecule has 2 heteroatoms. The number of benzene rings is 5. The second-order valence-corrected chi connectivity index (χ2v) is 11.9. The first-order valence-corrected chi connectivity index (χ1v) is 12.8. The Morgan fingerprint density at radius 2 is 0.969 bits per heavy atom. The van der Waals surface area contributed by atoms with Gasteiger partial charge in [-0.2, -0.15) is 0 Å². The van der Waals surface area contributed by atoms with Gasteiger partial charge >= 0.3 is 0 Å². The molecule has 1 atom stereocenters. The van der Waals surface area contributed by atoms with E-state index in [0.29, 0.717) is 5.66 Å². The number of rotatable bonds is 4. The highest BCUT2D eigenvalue weighted by molar-refractivity contribution is 7.96. The number of hydrogen-bond acceptors (Lipinski definition) is 0. The van der Waals surface area contributed by atoms with Crippen LogP contribution in [0.15, 0.2) is 127 Å². The van der Waals surface area contributed by atoms with Crippen molar-refractivity contribution in [3.63, 3.8) is 0 Å². The zero-order valence-corrected chi connectivity index (χ0v) is 20.2. The fraction of sp³-hybridized carbons (Fsp3) is 0.0667. The van der Waals surface area contributed by atoms with Crippen LogP contribution in [0.4, 0.5) is 0 Å². The van der Waals surface area contributed by atoms with E-state index in [1.807, 2.05) is 0 Å². The fourth-order valence-corrected chi connectivity index (χ4v) is 10.5. The van der Waals surface area contributed by atoms with Crippen molar-refractivity contribution in [3.05, 3.63) is 139 Å². The SMILES string of the molecule is [Br-].c1ccc([P+](c2ccccc2)(c2ccccc2)C2Cc3cccc4cccc2c34)cc1. The highest BCUT2D eigenvalue weighted by atomic mass is 79.9. The highest BCUT2D eigenvalue weighted by Crippen LogP contribution is 2.70. The van der Waals surface area contributed by atoms with E-state index in [-0.39, 0.29) is 17.0 Å². The van der Waals surface area contributed by atoms with Crippen LogP contribution in [0, 0.1) is 0 Å². The largest absolute Gasteiger partial charge is 1.00 e. The van der Waals surface area contributed by atoms with E-state index in [4.69, 9.17) is 0 Å². The summed E-state index contributed by atoms with van der Waals surface area (Å²) in [5, 5.41) is 7.22. The molecule has 32 heavy (non-hydrogen) atoms. The Morgan fingerprint density at radius 3 is 1.47 bits per heavy atom. The Labute approximate surface area is 201 Å². The highest BCUT2D eigenvalue weighted by Gasteiger charge is 2.54. The van der Waals surface area contributed by atoms with Crippen molar-refractivity contribution < 1.29 is 17.0 Å². The number of halogens is 1. The maximum absolute atomic E-state index is 2.38. The van der Waals surface area contributed by atoms with Crippen LogP contribution in [0.5, 0.6) is 0 Å². The van der Waals surface area contributed by atoms with Crippen molar-refractivity contribution in [2.45, 2.75) is 12.1 Å². The van der Waals surface area contributed by atoms with Gasteiger partial charge in [-0.05, 0) is 52.7 Å². The van der Waals surface area contributed by atoms with E-state index in [9.17, 15) is 0 Å². The van der Waals surface area contributed by atoms with Crippen LogP contribution >= 0.6 is 7.26 Å². The zero-order chi connectivity index (χ0) is 20.7. The normalized spacial score (nSPS) is 14.8. The van der Waals surface area contributed by atoms with Crippen molar-refractivity contribution in [1.29, 1.82) is 0 Å². The summed E-state index contributed by atoms with van der Waals surface area (Å²) in [7, 11) is -1.94. The summed E-state index contributed by atoms with van der Waals surface area (Å²) in [6.45, 7) is 0. The molecule has 0 N–H and O–H groups in total. The summed E-state index contributed by atoms with van der Waals surface area (Å²) in [4.78, 5) is 0. The molecule has 0 bridgehead atoms. The molecule has 0 aliphatic heterocycles. The van der Waals surface area contributed by atoms with Crippen LogP contribution in [0.2, 0.25) is 0 Å². The topological polar surface area (TPSA) is 0 Å². The molecular formula is C30H24BrP. The molecule has 5 aromatic rings. The third-order valence-corrected chi connectivity index (χ3v) is 11.5. The minimum Gasteiger partial charge on any atom is -1.00 e. The summed E-state index contributed by atoms with van der Waals surface area (Å²) in [5.74, 6) is 0. The number of hydrogen-bond donors (Lipinski definition) is 0. The molecule has 156 valence electrons. The zero-order valence-electron chi connectivity index (χ0n) is 17.7. The minimum atomic E-state index is -1.94. The first kappa shape index (κ1) is 21.1. The Kier molecular flexibility index (Phi) is 5.72. The third-order valence-electron chi connectivity index (χ3n) is 6.75. The molecule has 0 nitrogen and oxygen atoms in total. The summed E-state index contributed by atoms with van der Waals surface area (Å²) in [6, 6.07) is 47.5. The molecular weight excluding hydrogens is 471 g/mol. The molecule has 1 unspecified atom stereocenters. The molecule has 1 aliphatic carbocycles. The molecule has 6 rings (SSSR count). The van der Waals surface area contributed by atoms with Crippen LogP contribution in [0.1, 0.15) is 16.8 Å². The Balaban J connectivity index is 0.00000216. The van der Waals surface area contributed by atoms with E-state index < -0.39 is 7.26 Å². The van der Waals surface area contributed by atoms with Crippen molar-refractivity contribution >= 4 is 33.9 Å². The molecule has 0 saturated heterocycles. The van der Waals surface area contributed by atoms with Gasteiger partial charge < -0.3 is 17.0 Å². The van der Waals surface area contributed by atoms with Gasteiger partial charge in [-0.25, -0.2) is 0 Å². The van der Waals surface area contributed by atoms with Crippen molar-refractivity contribution in [2.24, 2.45) is 0 Å². The van der Waals surface area contributed by atoms with E-state index in [1.165, 1.54) is 37.8 Å². The lowest BCUT2D eigenvalue weighted by atomic mass is 10.1. The quantitative estimate of drug-likeness (QED) is 0.336. The van der Waals surface area contributed by atoms with Crippen LogP contribution in [0.3, 0.4) is 0 Å². The lowest BCUT2D eigenvalue weighted by Crippen LogP contribution is -3.00. The maximum Gasteiger partial charge on any atom is 0.119 e. The Morgan fingerprint density at radius 1 is 0.500 bits per heavy atom. The van der Waals surface area contributed by atoms with Crippen LogP contribution in [-0.4, -0.2) is 0 Å². The van der Waals surface area contributed by atoms with Crippen LogP contribution in [0.25, 0.3) is 10.8 Å². The molecule has 0 aromatic heterocycles. The lowest BCUT2D eigenvalue weighted by Gasteiger charge is -2.33. The average molecular weight is 495 g/mol. The van der Waals surface area contributed by atoms with E-state index >= 15 is 0 Å². The molecule has 0 spiro atoms. The second-order valence-electron chi connectivity index (χ2n) is 8.31. The van der Waals surface area contributed by atoms with Gasteiger partial charge in [0.1, 0.15) is 28.8 Å². The van der Waals surface area contributed by atoms with Gasteiger partial charge in [-0.1, -0.05) is 91.0 Å². The van der Waals surface area contributed by atoms with Gasteiger partial charge in [-0.3, -0.25) is 0 Å². The summed E-state index contributed by atoms with van der Waals surface area (Å²) in [6.07, 6.45) is 1.09. The molecule has 5 aromatic carbocycles. The van der Waals surface area contributed by atoms with Crippen molar-refractivity contribution in [2.75, 3.05) is 0 Å². The van der Waals surface area contributed by atoms with Crippen LogP contribution < -0.4 is 32.9 Å². The maximum atomic E-state index is 2.38. The molecule has 0 radical (unpaired) electrons. The standard InChI is InChI=1S/C30H24P.BrH/c1-4-15-25(16-5-1)31(26-17-6-2-7-18-26,27-19-8-3-9-20-27)29-22-24-14-10-12-23-13-11-21-28(29)30(23)24;/h1-21,29H,22H2;1H/q+1;/p-1. The van der Waals surface area contributed by atoms with Crippen molar-refractivity contribution in [3.8, 4) is 0 Å². The van der Waals surface area contributed by atoms with Gasteiger partial charge in [-0.15, -0.1) is 0 Å². The van der Waals surface area contributed by atoms with Gasteiger partial charge in [0, 0.05) is 12.0 Å². The first-order chi connectivity index (χ1) is 15.4. The Hall–Kier alpha value is -2.73. The molecule has 1 aliphatic rings.